The molecule has 0 aliphatic rings. The van der Waals surface area contributed by atoms with Crippen LogP contribution in [-0.2, 0) is 9.84 Å². The van der Waals surface area contributed by atoms with Gasteiger partial charge in [-0.2, -0.15) is 0 Å². The number of hydrogen-bond donors (Lipinski definition) is 1. The normalized spacial score (nSPS) is 13.4. The molecule has 1 unspecified atom stereocenters. The van der Waals surface area contributed by atoms with Gasteiger partial charge in [0.25, 0.3) is 0 Å². The maximum absolute atomic E-state index is 11.6. The van der Waals surface area contributed by atoms with Gasteiger partial charge < -0.3 is 5.32 Å². The van der Waals surface area contributed by atoms with E-state index in [1.807, 2.05) is 12.1 Å². The lowest BCUT2D eigenvalue weighted by Crippen LogP contribution is -2.19. The summed E-state index contributed by atoms with van der Waals surface area (Å²) in [6.07, 6.45) is 4.38. The minimum atomic E-state index is -3.16. The highest BCUT2D eigenvalue weighted by Crippen LogP contribution is 2.22. The highest BCUT2D eigenvalue weighted by atomic mass is 32.2. The van der Waals surface area contributed by atoms with Crippen molar-refractivity contribution in [2.75, 3.05) is 11.6 Å². The molecule has 0 saturated heterocycles. The van der Waals surface area contributed by atoms with Crippen molar-refractivity contribution in [2.24, 2.45) is 0 Å². The minimum absolute atomic E-state index is 0.336. The molecule has 4 heteroatoms. The van der Waals surface area contributed by atoms with Crippen molar-refractivity contribution in [3.63, 3.8) is 0 Å². The lowest BCUT2D eigenvalue weighted by Gasteiger charge is -2.19. The third-order valence-electron chi connectivity index (χ3n) is 2.78. The number of sulfone groups is 1. The first-order chi connectivity index (χ1) is 7.99. The molecule has 96 valence electrons. The maximum atomic E-state index is 11.6. The number of para-hydroxylation sites is 1. The third kappa shape index (κ3) is 4.04. The Labute approximate surface area is 104 Å². The molecule has 1 aromatic rings. The SMILES string of the molecule is CCCC(CC)Nc1ccccc1S(C)(=O)=O. The Balaban J connectivity index is 2.98. The molecule has 0 bridgehead atoms. The summed E-state index contributed by atoms with van der Waals surface area (Å²) in [5.74, 6) is 0. The van der Waals surface area contributed by atoms with E-state index in [0.29, 0.717) is 10.9 Å². The lowest BCUT2D eigenvalue weighted by atomic mass is 10.1. The van der Waals surface area contributed by atoms with E-state index < -0.39 is 9.84 Å². The number of anilines is 1. The van der Waals surface area contributed by atoms with Gasteiger partial charge in [0, 0.05) is 12.3 Å². The van der Waals surface area contributed by atoms with Crippen molar-refractivity contribution in [2.45, 2.75) is 44.0 Å². The van der Waals surface area contributed by atoms with Crippen molar-refractivity contribution in [3.8, 4) is 0 Å². The second kappa shape index (κ2) is 6.05. The van der Waals surface area contributed by atoms with Crippen LogP contribution in [0.15, 0.2) is 29.2 Å². The van der Waals surface area contributed by atoms with Gasteiger partial charge in [0.1, 0.15) is 0 Å². The Bertz CT molecular complexity index is 454. The van der Waals surface area contributed by atoms with Crippen LogP contribution in [0.5, 0.6) is 0 Å². The summed E-state index contributed by atoms with van der Waals surface area (Å²) in [6.45, 7) is 4.24. The number of nitrogens with one attached hydrogen (secondary N) is 1. The first-order valence-electron chi connectivity index (χ1n) is 6.04. The van der Waals surface area contributed by atoms with E-state index in [9.17, 15) is 8.42 Å². The standard InChI is InChI=1S/C13H21NO2S/c1-4-8-11(5-2)14-12-9-6-7-10-13(12)17(3,15)16/h6-7,9-11,14H,4-5,8H2,1-3H3. The molecule has 0 fully saturated rings. The van der Waals surface area contributed by atoms with Crippen LogP contribution in [0.25, 0.3) is 0 Å². The van der Waals surface area contributed by atoms with Crippen molar-refractivity contribution < 1.29 is 8.42 Å². The Hall–Kier alpha value is -1.03. The number of hydrogen-bond acceptors (Lipinski definition) is 3. The second-order valence-corrected chi connectivity index (χ2v) is 6.29. The summed E-state index contributed by atoms with van der Waals surface area (Å²) in [6, 6.07) is 7.42. The fourth-order valence-corrected chi connectivity index (χ4v) is 2.71. The van der Waals surface area contributed by atoms with Crippen LogP contribution in [0.4, 0.5) is 5.69 Å². The molecule has 1 atom stereocenters. The molecular weight excluding hydrogens is 234 g/mol. The van der Waals surface area contributed by atoms with Gasteiger partial charge in [-0.25, -0.2) is 8.42 Å². The van der Waals surface area contributed by atoms with Crippen LogP contribution in [0.1, 0.15) is 33.1 Å². The first kappa shape index (κ1) is 14.0. The van der Waals surface area contributed by atoms with Crippen LogP contribution in [-0.4, -0.2) is 20.7 Å². The topological polar surface area (TPSA) is 46.2 Å². The predicted octanol–water partition coefficient (Wildman–Crippen LogP) is 3.08. The van der Waals surface area contributed by atoms with Gasteiger partial charge in [-0.15, -0.1) is 0 Å². The van der Waals surface area contributed by atoms with Crippen LogP contribution in [0.2, 0.25) is 0 Å². The van der Waals surface area contributed by atoms with Crippen LogP contribution in [0.3, 0.4) is 0 Å². The first-order valence-corrected chi connectivity index (χ1v) is 7.93. The molecular formula is C13H21NO2S. The smallest absolute Gasteiger partial charge is 0.177 e. The predicted molar refractivity (Wildman–Crippen MR) is 72.2 cm³/mol. The van der Waals surface area contributed by atoms with E-state index in [0.717, 1.165) is 24.9 Å². The van der Waals surface area contributed by atoms with E-state index in [-0.39, 0.29) is 0 Å². The van der Waals surface area contributed by atoms with Crippen molar-refractivity contribution in [3.05, 3.63) is 24.3 Å². The Kier molecular flexibility index (Phi) is 5.00. The van der Waals surface area contributed by atoms with E-state index in [1.165, 1.54) is 6.26 Å². The largest absolute Gasteiger partial charge is 0.381 e. The molecule has 1 N–H and O–H groups in total. The lowest BCUT2D eigenvalue weighted by molar-refractivity contribution is 0.600. The van der Waals surface area contributed by atoms with Gasteiger partial charge >= 0.3 is 0 Å². The molecule has 0 spiro atoms. The zero-order valence-corrected chi connectivity index (χ0v) is 11.5. The van der Waals surface area contributed by atoms with Gasteiger partial charge in [0.2, 0.25) is 0 Å². The number of benzene rings is 1. The summed E-state index contributed by atoms with van der Waals surface area (Å²) in [5.41, 5.74) is 0.718. The van der Waals surface area contributed by atoms with E-state index >= 15 is 0 Å². The van der Waals surface area contributed by atoms with E-state index in [1.54, 1.807) is 12.1 Å². The Morgan fingerprint density at radius 1 is 1.24 bits per heavy atom. The Morgan fingerprint density at radius 3 is 2.41 bits per heavy atom. The van der Waals surface area contributed by atoms with Crippen molar-refractivity contribution in [1.82, 2.24) is 0 Å². The zero-order valence-electron chi connectivity index (χ0n) is 10.7. The van der Waals surface area contributed by atoms with Gasteiger partial charge in [-0.1, -0.05) is 32.4 Å². The van der Waals surface area contributed by atoms with Crippen LogP contribution in [0, 0.1) is 0 Å². The van der Waals surface area contributed by atoms with Crippen molar-refractivity contribution >= 4 is 15.5 Å². The zero-order chi connectivity index (χ0) is 12.9. The highest BCUT2D eigenvalue weighted by molar-refractivity contribution is 7.90. The average molecular weight is 255 g/mol. The molecule has 1 rings (SSSR count). The fraction of sp³-hybridized carbons (Fsp3) is 0.538. The van der Waals surface area contributed by atoms with E-state index in [4.69, 9.17) is 0 Å². The molecule has 0 radical (unpaired) electrons. The molecule has 0 aliphatic heterocycles. The summed E-state index contributed by atoms with van der Waals surface area (Å²) in [5, 5.41) is 3.33. The molecule has 0 heterocycles. The van der Waals surface area contributed by atoms with Gasteiger partial charge in [0.05, 0.1) is 10.6 Å². The second-order valence-electron chi connectivity index (χ2n) is 4.31. The monoisotopic (exact) mass is 255 g/mol. The van der Waals surface area contributed by atoms with Gasteiger partial charge in [0.15, 0.2) is 9.84 Å². The van der Waals surface area contributed by atoms with E-state index in [2.05, 4.69) is 19.2 Å². The van der Waals surface area contributed by atoms with Crippen molar-refractivity contribution in [1.29, 1.82) is 0 Å². The summed E-state index contributed by atoms with van der Waals surface area (Å²) >= 11 is 0. The maximum Gasteiger partial charge on any atom is 0.177 e. The van der Waals surface area contributed by atoms with Crippen LogP contribution >= 0.6 is 0 Å². The van der Waals surface area contributed by atoms with Crippen LogP contribution < -0.4 is 5.32 Å². The Morgan fingerprint density at radius 2 is 1.88 bits per heavy atom. The molecule has 1 aromatic carbocycles. The fourth-order valence-electron chi connectivity index (χ4n) is 1.86. The molecule has 0 saturated carbocycles. The summed E-state index contributed by atoms with van der Waals surface area (Å²) < 4.78 is 23.3. The third-order valence-corrected chi connectivity index (χ3v) is 3.93. The summed E-state index contributed by atoms with van der Waals surface area (Å²) in [7, 11) is -3.16. The van der Waals surface area contributed by atoms with Gasteiger partial charge in [-0.3, -0.25) is 0 Å². The highest BCUT2D eigenvalue weighted by Gasteiger charge is 2.14. The molecule has 3 nitrogen and oxygen atoms in total. The number of rotatable bonds is 6. The average Bonchev–Trinajstić information content (AvgIpc) is 2.27. The molecule has 0 amide bonds. The quantitative estimate of drug-likeness (QED) is 0.849. The van der Waals surface area contributed by atoms with Gasteiger partial charge in [-0.05, 0) is 25.0 Å². The minimum Gasteiger partial charge on any atom is -0.381 e. The molecule has 0 aliphatic carbocycles. The summed E-state index contributed by atoms with van der Waals surface area (Å²) in [4.78, 5) is 0.384. The molecule has 17 heavy (non-hydrogen) atoms. The molecule has 0 aromatic heterocycles.